The summed E-state index contributed by atoms with van der Waals surface area (Å²) in [4.78, 5) is 6.98. The lowest BCUT2D eigenvalue weighted by atomic mass is 10.1. The Morgan fingerprint density at radius 2 is 2.33 bits per heavy atom. The van der Waals surface area contributed by atoms with Gasteiger partial charge in [0.15, 0.2) is 5.82 Å². The number of likely N-dealkylation sites (tertiary alicyclic amines) is 1. The Labute approximate surface area is 108 Å². The van der Waals surface area contributed by atoms with Crippen molar-refractivity contribution in [2.24, 2.45) is 11.8 Å². The van der Waals surface area contributed by atoms with E-state index in [-0.39, 0.29) is 0 Å². The molecule has 2 saturated heterocycles. The number of hydrogen-bond acceptors (Lipinski definition) is 5. The second kappa shape index (κ2) is 4.97. The molecular weight excluding hydrogens is 228 g/mol. The zero-order chi connectivity index (χ0) is 12.5. The van der Waals surface area contributed by atoms with E-state index in [4.69, 9.17) is 4.52 Å². The van der Waals surface area contributed by atoms with Crippen LogP contribution in [0.1, 0.15) is 32.0 Å². The van der Waals surface area contributed by atoms with Gasteiger partial charge in [-0.05, 0) is 31.3 Å². The number of rotatable bonds is 4. The topological polar surface area (TPSA) is 54.2 Å². The molecule has 1 aromatic heterocycles. The lowest BCUT2D eigenvalue weighted by Crippen LogP contribution is -2.33. The summed E-state index contributed by atoms with van der Waals surface area (Å²) in [6, 6.07) is 0.678. The molecule has 0 saturated carbocycles. The Kier molecular flexibility index (Phi) is 3.35. The molecule has 3 heterocycles. The first-order chi connectivity index (χ1) is 8.72. The molecule has 0 spiro atoms. The van der Waals surface area contributed by atoms with Crippen molar-refractivity contribution in [1.82, 2.24) is 20.4 Å². The summed E-state index contributed by atoms with van der Waals surface area (Å²) in [7, 11) is 0. The monoisotopic (exact) mass is 250 g/mol. The quantitative estimate of drug-likeness (QED) is 0.866. The molecule has 0 radical (unpaired) electrons. The molecule has 0 bridgehead atoms. The SMILES string of the molecule is CC(C)Cc1nc(CN2CC[C@H]3CNC[C@H]32)no1. The highest BCUT2D eigenvalue weighted by molar-refractivity contribution is 4.97. The maximum absolute atomic E-state index is 5.29. The van der Waals surface area contributed by atoms with Gasteiger partial charge in [-0.15, -0.1) is 0 Å². The van der Waals surface area contributed by atoms with Crippen LogP contribution in [0.15, 0.2) is 4.52 Å². The Bertz CT molecular complexity index is 403. The minimum atomic E-state index is 0.563. The average molecular weight is 250 g/mol. The van der Waals surface area contributed by atoms with Crippen LogP contribution < -0.4 is 5.32 Å². The third-order valence-electron chi connectivity index (χ3n) is 4.00. The third kappa shape index (κ3) is 2.42. The molecule has 2 aliphatic heterocycles. The molecule has 2 aliphatic rings. The van der Waals surface area contributed by atoms with Crippen LogP contribution in [0, 0.1) is 11.8 Å². The molecule has 0 amide bonds. The fraction of sp³-hybridized carbons (Fsp3) is 0.846. The van der Waals surface area contributed by atoms with Crippen LogP contribution in [0.5, 0.6) is 0 Å². The maximum Gasteiger partial charge on any atom is 0.226 e. The molecule has 0 aliphatic carbocycles. The predicted molar refractivity (Wildman–Crippen MR) is 68.0 cm³/mol. The van der Waals surface area contributed by atoms with Gasteiger partial charge in [0.25, 0.3) is 0 Å². The van der Waals surface area contributed by atoms with Crippen LogP contribution in [-0.4, -0.2) is 40.7 Å². The van der Waals surface area contributed by atoms with Gasteiger partial charge in [0.05, 0.1) is 6.54 Å². The number of hydrogen-bond donors (Lipinski definition) is 1. The van der Waals surface area contributed by atoms with Gasteiger partial charge in [-0.25, -0.2) is 0 Å². The number of aromatic nitrogens is 2. The Morgan fingerprint density at radius 3 is 3.17 bits per heavy atom. The summed E-state index contributed by atoms with van der Waals surface area (Å²) >= 11 is 0. The molecule has 5 nitrogen and oxygen atoms in total. The van der Waals surface area contributed by atoms with Crippen molar-refractivity contribution in [2.45, 2.75) is 39.3 Å². The van der Waals surface area contributed by atoms with E-state index in [0.717, 1.165) is 37.1 Å². The smallest absolute Gasteiger partial charge is 0.226 e. The highest BCUT2D eigenvalue weighted by atomic mass is 16.5. The van der Waals surface area contributed by atoms with Gasteiger partial charge in [-0.3, -0.25) is 4.90 Å². The molecule has 100 valence electrons. The Morgan fingerprint density at radius 1 is 1.44 bits per heavy atom. The largest absolute Gasteiger partial charge is 0.339 e. The standard InChI is InChI=1S/C13H22N4O/c1-9(2)5-13-15-12(16-18-13)8-17-4-3-10-6-14-7-11(10)17/h9-11,14H,3-8H2,1-2H3/t10-,11+/m0/s1. The van der Waals surface area contributed by atoms with Gasteiger partial charge in [0.2, 0.25) is 5.89 Å². The van der Waals surface area contributed by atoms with Crippen molar-refractivity contribution in [2.75, 3.05) is 19.6 Å². The first-order valence-electron chi connectivity index (χ1n) is 6.98. The highest BCUT2D eigenvalue weighted by Gasteiger charge is 2.37. The Balaban J connectivity index is 1.60. The molecule has 18 heavy (non-hydrogen) atoms. The highest BCUT2D eigenvalue weighted by Crippen LogP contribution is 2.27. The van der Waals surface area contributed by atoms with Crippen molar-refractivity contribution in [3.8, 4) is 0 Å². The summed E-state index contributed by atoms with van der Waals surface area (Å²) < 4.78 is 5.29. The van der Waals surface area contributed by atoms with Crippen LogP contribution in [-0.2, 0) is 13.0 Å². The summed E-state index contributed by atoms with van der Waals surface area (Å²) in [5.74, 6) is 3.01. The minimum absolute atomic E-state index is 0.563. The van der Waals surface area contributed by atoms with Gasteiger partial charge < -0.3 is 9.84 Å². The van der Waals surface area contributed by atoms with Gasteiger partial charge >= 0.3 is 0 Å². The lowest BCUT2D eigenvalue weighted by molar-refractivity contribution is 0.234. The van der Waals surface area contributed by atoms with Gasteiger partial charge in [-0.2, -0.15) is 4.98 Å². The first kappa shape index (κ1) is 12.1. The van der Waals surface area contributed by atoms with Crippen molar-refractivity contribution in [3.05, 3.63) is 11.7 Å². The van der Waals surface area contributed by atoms with Gasteiger partial charge in [0, 0.05) is 19.0 Å². The van der Waals surface area contributed by atoms with Gasteiger partial charge in [-0.1, -0.05) is 19.0 Å². The molecule has 3 rings (SSSR count). The molecule has 1 N–H and O–H groups in total. The number of nitrogens with zero attached hydrogens (tertiary/aromatic N) is 3. The van der Waals surface area contributed by atoms with E-state index in [9.17, 15) is 0 Å². The fourth-order valence-electron chi connectivity index (χ4n) is 3.10. The van der Waals surface area contributed by atoms with Gasteiger partial charge in [0.1, 0.15) is 0 Å². The fourth-order valence-corrected chi connectivity index (χ4v) is 3.10. The van der Waals surface area contributed by atoms with E-state index >= 15 is 0 Å². The number of nitrogens with one attached hydrogen (secondary N) is 1. The zero-order valence-electron chi connectivity index (χ0n) is 11.2. The van der Waals surface area contributed by atoms with E-state index in [1.807, 2.05) is 0 Å². The van der Waals surface area contributed by atoms with Crippen LogP contribution in [0.4, 0.5) is 0 Å². The third-order valence-corrected chi connectivity index (χ3v) is 4.00. The second-order valence-corrected chi connectivity index (χ2v) is 5.95. The van der Waals surface area contributed by atoms with Crippen molar-refractivity contribution < 1.29 is 4.52 Å². The van der Waals surface area contributed by atoms with E-state index in [1.54, 1.807) is 0 Å². The number of fused-ring (bicyclic) bond motifs is 1. The van der Waals surface area contributed by atoms with E-state index in [0.29, 0.717) is 12.0 Å². The summed E-state index contributed by atoms with van der Waals surface area (Å²) in [5.41, 5.74) is 0. The van der Waals surface area contributed by atoms with Crippen LogP contribution in [0.25, 0.3) is 0 Å². The van der Waals surface area contributed by atoms with Crippen molar-refractivity contribution in [1.29, 1.82) is 0 Å². The van der Waals surface area contributed by atoms with Crippen molar-refractivity contribution >= 4 is 0 Å². The van der Waals surface area contributed by atoms with Crippen LogP contribution >= 0.6 is 0 Å². The lowest BCUT2D eigenvalue weighted by Gasteiger charge is -2.20. The maximum atomic E-state index is 5.29. The summed E-state index contributed by atoms with van der Waals surface area (Å²) in [5, 5.41) is 7.56. The van der Waals surface area contributed by atoms with E-state index < -0.39 is 0 Å². The zero-order valence-corrected chi connectivity index (χ0v) is 11.2. The Hall–Kier alpha value is -0.940. The molecule has 0 unspecified atom stereocenters. The minimum Gasteiger partial charge on any atom is -0.339 e. The normalized spacial score (nSPS) is 28.2. The first-order valence-corrected chi connectivity index (χ1v) is 6.98. The second-order valence-electron chi connectivity index (χ2n) is 5.95. The predicted octanol–water partition coefficient (Wildman–Crippen LogP) is 1.06. The van der Waals surface area contributed by atoms with E-state index in [1.165, 1.54) is 19.5 Å². The average Bonchev–Trinajstić information content (AvgIpc) is 2.96. The molecule has 5 heteroatoms. The molecular formula is C13H22N4O. The molecule has 1 aromatic rings. The van der Waals surface area contributed by atoms with Crippen LogP contribution in [0.2, 0.25) is 0 Å². The summed E-state index contributed by atoms with van der Waals surface area (Å²) in [6.07, 6.45) is 2.18. The summed E-state index contributed by atoms with van der Waals surface area (Å²) in [6.45, 7) is 8.63. The molecule has 2 atom stereocenters. The van der Waals surface area contributed by atoms with Crippen molar-refractivity contribution in [3.63, 3.8) is 0 Å². The van der Waals surface area contributed by atoms with E-state index in [2.05, 4.69) is 34.2 Å². The molecule has 2 fully saturated rings. The molecule has 0 aromatic carbocycles. The van der Waals surface area contributed by atoms with Crippen LogP contribution in [0.3, 0.4) is 0 Å².